The molecular formula is C21H34ClN3O. The van der Waals surface area contributed by atoms with Crippen LogP contribution >= 0.6 is 12.4 Å². The maximum atomic E-state index is 5.90. The van der Waals surface area contributed by atoms with E-state index in [4.69, 9.17) is 9.40 Å². The lowest BCUT2D eigenvalue weighted by Crippen LogP contribution is -2.22. The number of halogens is 1. The molecule has 0 amide bonds. The first-order valence-corrected chi connectivity index (χ1v) is 10.2. The minimum absolute atomic E-state index is 0. The number of anilines is 1. The predicted molar refractivity (Wildman–Crippen MR) is 112 cm³/mol. The van der Waals surface area contributed by atoms with Crippen LogP contribution in [0.2, 0.25) is 0 Å². The molecule has 1 aliphatic rings. The molecule has 0 spiro atoms. The van der Waals surface area contributed by atoms with Gasteiger partial charge in [-0.15, -0.1) is 12.4 Å². The third-order valence-corrected chi connectivity index (χ3v) is 5.19. The van der Waals surface area contributed by atoms with Gasteiger partial charge in [-0.1, -0.05) is 64.0 Å². The lowest BCUT2D eigenvalue weighted by atomic mass is 10.0. The summed E-state index contributed by atoms with van der Waals surface area (Å²) in [5.74, 6) is 0. The highest BCUT2D eigenvalue weighted by Crippen LogP contribution is 2.24. The van der Waals surface area contributed by atoms with Crippen LogP contribution < -0.4 is 10.6 Å². The summed E-state index contributed by atoms with van der Waals surface area (Å²) >= 11 is 0. The lowest BCUT2D eigenvalue weighted by Gasteiger charge is -2.07. The molecule has 1 aromatic carbocycles. The molecule has 0 unspecified atom stereocenters. The Morgan fingerprint density at radius 1 is 1.12 bits per heavy atom. The fourth-order valence-electron chi connectivity index (χ4n) is 3.67. The third kappa shape index (κ3) is 6.17. The van der Waals surface area contributed by atoms with Crippen molar-refractivity contribution in [2.75, 3.05) is 18.4 Å². The summed E-state index contributed by atoms with van der Waals surface area (Å²) in [6.45, 7) is 4.33. The number of rotatable bonds is 11. The van der Waals surface area contributed by atoms with Crippen molar-refractivity contribution in [1.82, 2.24) is 10.3 Å². The van der Waals surface area contributed by atoms with Crippen molar-refractivity contribution in [3.8, 4) is 0 Å². The molecule has 2 aromatic rings. The van der Waals surface area contributed by atoms with Crippen molar-refractivity contribution >= 4 is 29.5 Å². The van der Waals surface area contributed by atoms with E-state index in [1.54, 1.807) is 0 Å². The fraction of sp³-hybridized carbons (Fsp3) is 0.667. The van der Waals surface area contributed by atoms with Gasteiger partial charge in [0.05, 0.1) is 0 Å². The highest BCUT2D eigenvalue weighted by molar-refractivity contribution is 5.85. The van der Waals surface area contributed by atoms with Crippen molar-refractivity contribution in [3.05, 3.63) is 23.8 Å². The summed E-state index contributed by atoms with van der Waals surface area (Å²) in [5.41, 5.74) is 3.27. The zero-order chi connectivity index (χ0) is 17.3. The first-order chi connectivity index (χ1) is 12.4. The molecule has 2 N–H and O–H groups in total. The molecule has 3 rings (SSSR count). The Hall–Kier alpha value is -1.26. The van der Waals surface area contributed by atoms with E-state index in [1.807, 2.05) is 6.07 Å². The number of fused-ring (bicyclic) bond motifs is 1. The van der Waals surface area contributed by atoms with Crippen LogP contribution in [-0.2, 0) is 6.42 Å². The zero-order valence-electron chi connectivity index (χ0n) is 16.1. The van der Waals surface area contributed by atoms with E-state index < -0.39 is 0 Å². The molecular weight excluding hydrogens is 346 g/mol. The zero-order valence-corrected chi connectivity index (χ0v) is 16.9. The summed E-state index contributed by atoms with van der Waals surface area (Å²) in [4.78, 5) is 4.72. The van der Waals surface area contributed by atoms with Gasteiger partial charge >= 0.3 is 0 Å². The molecule has 1 fully saturated rings. The van der Waals surface area contributed by atoms with Crippen LogP contribution in [0, 0.1) is 0 Å². The fourth-order valence-corrected chi connectivity index (χ4v) is 3.67. The minimum Gasteiger partial charge on any atom is -0.424 e. The second kappa shape index (κ2) is 11.5. The van der Waals surface area contributed by atoms with Gasteiger partial charge in [0.2, 0.25) is 0 Å². The van der Waals surface area contributed by atoms with E-state index in [1.165, 1.54) is 56.9 Å². The van der Waals surface area contributed by atoms with Gasteiger partial charge in [0.25, 0.3) is 6.01 Å². The van der Waals surface area contributed by atoms with Gasteiger partial charge in [0.1, 0.15) is 5.52 Å². The summed E-state index contributed by atoms with van der Waals surface area (Å²) in [5, 5.41) is 6.78. The molecule has 1 atom stereocenters. The number of aromatic nitrogens is 1. The monoisotopic (exact) mass is 379 g/mol. The van der Waals surface area contributed by atoms with Crippen molar-refractivity contribution < 1.29 is 4.42 Å². The third-order valence-electron chi connectivity index (χ3n) is 5.19. The highest BCUT2D eigenvalue weighted by atomic mass is 35.5. The maximum absolute atomic E-state index is 5.90. The first kappa shape index (κ1) is 21.0. The number of hydrogen-bond acceptors (Lipinski definition) is 4. The number of aryl methyl sites for hydroxylation is 1. The van der Waals surface area contributed by atoms with Crippen LogP contribution in [0.3, 0.4) is 0 Å². The van der Waals surface area contributed by atoms with Crippen molar-refractivity contribution in [2.24, 2.45) is 0 Å². The van der Waals surface area contributed by atoms with Crippen molar-refractivity contribution in [2.45, 2.75) is 77.2 Å². The number of unbranched alkanes of at least 4 members (excludes halogenated alkanes) is 7. The van der Waals surface area contributed by atoms with E-state index >= 15 is 0 Å². The lowest BCUT2D eigenvalue weighted by molar-refractivity contribution is 0.576. The Balaban J connectivity index is 0.00000243. The van der Waals surface area contributed by atoms with Gasteiger partial charge in [0, 0.05) is 12.6 Å². The van der Waals surface area contributed by atoms with E-state index in [0.29, 0.717) is 12.1 Å². The number of oxazole rings is 1. The van der Waals surface area contributed by atoms with Crippen LogP contribution in [0.1, 0.15) is 70.3 Å². The number of nitrogens with zero attached hydrogens (tertiary/aromatic N) is 1. The molecule has 5 heteroatoms. The molecule has 0 radical (unpaired) electrons. The molecule has 0 bridgehead atoms. The molecule has 2 heterocycles. The van der Waals surface area contributed by atoms with Gasteiger partial charge in [-0.25, -0.2) is 0 Å². The predicted octanol–water partition coefficient (Wildman–Crippen LogP) is 5.71. The Kier molecular flexibility index (Phi) is 9.27. The van der Waals surface area contributed by atoms with Crippen LogP contribution in [-0.4, -0.2) is 24.1 Å². The molecule has 1 saturated heterocycles. The largest absolute Gasteiger partial charge is 0.424 e. The topological polar surface area (TPSA) is 50.1 Å². The molecule has 1 aliphatic heterocycles. The average molecular weight is 380 g/mol. The molecule has 146 valence electrons. The maximum Gasteiger partial charge on any atom is 0.295 e. The summed E-state index contributed by atoms with van der Waals surface area (Å²) < 4.78 is 5.90. The number of benzene rings is 1. The van der Waals surface area contributed by atoms with E-state index in [2.05, 4.69) is 29.7 Å². The quantitative estimate of drug-likeness (QED) is 0.491. The van der Waals surface area contributed by atoms with Gasteiger partial charge < -0.3 is 15.1 Å². The summed E-state index contributed by atoms with van der Waals surface area (Å²) in [6.07, 6.45) is 13.1. The standard InChI is InChI=1S/C21H33N3O.ClH/c1-2-3-4-5-6-7-8-9-11-17-12-10-13-19-20(17)24-21(25-19)23-18-14-15-22-16-18;/h10,12-13,18,22H,2-9,11,14-16H2,1H3,(H,23,24);1H/t18-;/m0./s1. The van der Waals surface area contributed by atoms with Gasteiger partial charge in [-0.05, 0) is 37.4 Å². The van der Waals surface area contributed by atoms with Gasteiger partial charge in [-0.2, -0.15) is 4.98 Å². The van der Waals surface area contributed by atoms with Crippen molar-refractivity contribution in [1.29, 1.82) is 0 Å². The highest BCUT2D eigenvalue weighted by Gasteiger charge is 2.17. The van der Waals surface area contributed by atoms with Crippen molar-refractivity contribution in [3.63, 3.8) is 0 Å². The number of hydrogen-bond donors (Lipinski definition) is 2. The Bertz CT molecular complexity index is 637. The van der Waals surface area contributed by atoms with Crippen LogP contribution in [0.4, 0.5) is 6.01 Å². The molecule has 0 aliphatic carbocycles. The molecule has 0 saturated carbocycles. The van der Waals surface area contributed by atoms with E-state index in [9.17, 15) is 0 Å². The molecule has 26 heavy (non-hydrogen) atoms. The van der Waals surface area contributed by atoms with Gasteiger partial charge in [0.15, 0.2) is 5.58 Å². The van der Waals surface area contributed by atoms with Gasteiger partial charge in [-0.3, -0.25) is 0 Å². The van der Waals surface area contributed by atoms with Crippen LogP contribution in [0.15, 0.2) is 22.6 Å². The summed E-state index contributed by atoms with van der Waals surface area (Å²) in [7, 11) is 0. The summed E-state index contributed by atoms with van der Waals surface area (Å²) in [6, 6.07) is 7.43. The normalized spacial score (nSPS) is 16.7. The Labute approximate surface area is 163 Å². The SMILES string of the molecule is CCCCCCCCCCc1cccc2oc(N[C@H]3CCNC3)nc12.Cl. The smallest absolute Gasteiger partial charge is 0.295 e. The van der Waals surface area contributed by atoms with Crippen LogP contribution in [0.25, 0.3) is 11.1 Å². The molecule has 1 aromatic heterocycles. The molecule has 4 nitrogen and oxygen atoms in total. The Morgan fingerprint density at radius 2 is 1.88 bits per heavy atom. The van der Waals surface area contributed by atoms with E-state index in [0.717, 1.165) is 37.0 Å². The van der Waals surface area contributed by atoms with E-state index in [-0.39, 0.29) is 12.4 Å². The average Bonchev–Trinajstić information content (AvgIpc) is 3.27. The number of para-hydroxylation sites is 1. The minimum atomic E-state index is 0. The first-order valence-electron chi connectivity index (χ1n) is 10.2. The van der Waals surface area contributed by atoms with Crippen LogP contribution in [0.5, 0.6) is 0 Å². The Morgan fingerprint density at radius 3 is 2.62 bits per heavy atom. The second-order valence-electron chi connectivity index (χ2n) is 7.34. The number of nitrogens with one attached hydrogen (secondary N) is 2. The second-order valence-corrected chi connectivity index (χ2v) is 7.34.